The van der Waals surface area contributed by atoms with Crippen LogP contribution in [0.1, 0.15) is 5.56 Å². The second-order valence-electron chi connectivity index (χ2n) is 7.15. The number of methoxy groups -OCH3 is 1. The number of amides is 1. The maximum absolute atomic E-state index is 12.7. The van der Waals surface area contributed by atoms with E-state index in [0.29, 0.717) is 16.7 Å². The molecule has 0 unspecified atom stereocenters. The lowest BCUT2D eigenvalue weighted by molar-refractivity contribution is -0.113. The fourth-order valence-electron chi connectivity index (χ4n) is 3.23. The maximum Gasteiger partial charge on any atom is 0.234 e. The second-order valence-corrected chi connectivity index (χ2v) is 9.80. The van der Waals surface area contributed by atoms with Crippen molar-refractivity contribution in [3.8, 4) is 22.8 Å². The smallest absolute Gasteiger partial charge is 0.234 e. The van der Waals surface area contributed by atoms with E-state index in [2.05, 4.69) is 47.4 Å². The van der Waals surface area contributed by atoms with E-state index in [0.717, 1.165) is 31.5 Å². The molecule has 168 valence electrons. The van der Waals surface area contributed by atoms with Gasteiger partial charge in [-0.05, 0) is 92.9 Å². The second kappa shape index (κ2) is 10.5. The highest BCUT2D eigenvalue weighted by Crippen LogP contribution is 2.33. The first-order valence-corrected chi connectivity index (χ1v) is 12.6. The summed E-state index contributed by atoms with van der Waals surface area (Å²) < 4.78 is 8.86. The predicted molar refractivity (Wildman–Crippen MR) is 139 cm³/mol. The molecule has 4 aromatic rings. The van der Waals surface area contributed by atoms with Crippen molar-refractivity contribution >= 4 is 55.2 Å². The fourth-order valence-corrected chi connectivity index (χ4v) is 5.59. The molecule has 0 saturated carbocycles. The van der Waals surface area contributed by atoms with Crippen molar-refractivity contribution in [2.45, 2.75) is 12.1 Å². The molecule has 3 aromatic carbocycles. The Morgan fingerprint density at radius 1 is 1.03 bits per heavy atom. The van der Waals surface area contributed by atoms with Crippen LogP contribution in [0.3, 0.4) is 0 Å². The van der Waals surface area contributed by atoms with Gasteiger partial charge in [-0.3, -0.25) is 9.36 Å². The summed E-state index contributed by atoms with van der Waals surface area (Å²) >= 11 is 8.36. The number of halogens is 2. The average molecular weight is 588 g/mol. The Labute approximate surface area is 213 Å². The Kier molecular flexibility index (Phi) is 7.52. The molecule has 1 N–H and O–H groups in total. The minimum absolute atomic E-state index is 0.140. The molecule has 1 amide bonds. The third kappa shape index (κ3) is 5.48. The van der Waals surface area contributed by atoms with Crippen LogP contribution in [-0.4, -0.2) is 33.5 Å². The number of carbonyl (C=O) groups is 1. The van der Waals surface area contributed by atoms with Crippen molar-refractivity contribution in [2.24, 2.45) is 0 Å². The van der Waals surface area contributed by atoms with Gasteiger partial charge in [-0.25, -0.2) is 0 Å². The molecule has 0 aliphatic heterocycles. The summed E-state index contributed by atoms with van der Waals surface area (Å²) in [5.41, 5.74) is 3.61. The van der Waals surface area contributed by atoms with E-state index >= 15 is 0 Å². The van der Waals surface area contributed by atoms with Gasteiger partial charge in [0.25, 0.3) is 0 Å². The number of thioether (sulfide) groups is 1. The van der Waals surface area contributed by atoms with E-state index < -0.39 is 0 Å². The lowest BCUT2D eigenvalue weighted by Gasteiger charge is -2.12. The minimum Gasteiger partial charge on any atom is -0.497 e. The third-order valence-electron chi connectivity index (χ3n) is 4.78. The van der Waals surface area contributed by atoms with Crippen LogP contribution in [-0.2, 0) is 4.79 Å². The number of rotatable bonds is 7. The minimum atomic E-state index is -0.140. The quantitative estimate of drug-likeness (QED) is 0.250. The number of nitrogens with one attached hydrogen (secondary N) is 1. The Hall–Kier alpha value is -2.62. The van der Waals surface area contributed by atoms with Crippen molar-refractivity contribution in [3.63, 3.8) is 0 Å². The average Bonchev–Trinajstić information content (AvgIpc) is 3.24. The topological polar surface area (TPSA) is 69.0 Å². The Bertz CT molecular complexity index is 1250. The molecule has 0 aliphatic carbocycles. The fraction of sp³-hybridized carbons (Fsp3) is 0.125. The van der Waals surface area contributed by atoms with Gasteiger partial charge >= 0.3 is 0 Å². The Balaban J connectivity index is 1.59. The molecule has 0 atom stereocenters. The molecule has 4 rings (SSSR count). The molecule has 0 fully saturated rings. The zero-order chi connectivity index (χ0) is 23.4. The standard InChI is InChI=1S/C24H20Br2N4O2S/c1-15-12-19(25)22(20(26)13-15)27-21(31)14-33-24-29-28-23(16-8-10-18(32-2)11-9-16)30(24)17-6-4-3-5-7-17/h3-13H,14H2,1-2H3,(H,27,31). The van der Waals surface area contributed by atoms with Crippen LogP contribution in [0.25, 0.3) is 17.1 Å². The van der Waals surface area contributed by atoms with E-state index in [1.165, 1.54) is 11.8 Å². The van der Waals surface area contributed by atoms with Crippen LogP contribution in [0.15, 0.2) is 80.8 Å². The highest BCUT2D eigenvalue weighted by Gasteiger charge is 2.18. The zero-order valence-electron chi connectivity index (χ0n) is 17.9. The molecule has 1 heterocycles. The first-order valence-electron chi connectivity index (χ1n) is 10.00. The first kappa shape index (κ1) is 23.5. The van der Waals surface area contributed by atoms with Gasteiger partial charge in [-0.2, -0.15) is 0 Å². The van der Waals surface area contributed by atoms with Crippen molar-refractivity contribution in [1.82, 2.24) is 14.8 Å². The number of ether oxygens (including phenoxy) is 1. The Morgan fingerprint density at radius 2 is 1.70 bits per heavy atom. The molecule has 0 spiro atoms. The van der Waals surface area contributed by atoms with Gasteiger partial charge < -0.3 is 10.1 Å². The summed E-state index contributed by atoms with van der Waals surface area (Å²) in [5.74, 6) is 1.50. The van der Waals surface area contributed by atoms with Crippen LogP contribution < -0.4 is 10.1 Å². The molecule has 9 heteroatoms. The largest absolute Gasteiger partial charge is 0.497 e. The number of aromatic nitrogens is 3. The first-order chi connectivity index (χ1) is 16.0. The van der Waals surface area contributed by atoms with E-state index in [1.807, 2.05) is 78.2 Å². The number of aryl methyl sites for hydroxylation is 1. The van der Waals surface area contributed by atoms with E-state index in [9.17, 15) is 4.79 Å². The summed E-state index contributed by atoms with van der Waals surface area (Å²) in [6.45, 7) is 1.99. The normalized spacial score (nSPS) is 10.8. The van der Waals surface area contributed by atoms with Crippen LogP contribution in [0, 0.1) is 6.92 Å². The molecule has 1 aromatic heterocycles. The molecule has 33 heavy (non-hydrogen) atoms. The van der Waals surface area contributed by atoms with Gasteiger partial charge in [0.15, 0.2) is 11.0 Å². The summed E-state index contributed by atoms with van der Waals surface area (Å²) in [4.78, 5) is 12.7. The monoisotopic (exact) mass is 586 g/mol. The number of carbonyl (C=O) groups excluding carboxylic acids is 1. The summed E-state index contributed by atoms with van der Waals surface area (Å²) in [7, 11) is 1.63. The van der Waals surface area contributed by atoms with Gasteiger partial charge in [0, 0.05) is 20.2 Å². The maximum atomic E-state index is 12.7. The molecule has 0 bridgehead atoms. The molecule has 0 aliphatic rings. The number of benzene rings is 3. The van der Waals surface area contributed by atoms with Gasteiger partial charge in [-0.1, -0.05) is 30.0 Å². The highest BCUT2D eigenvalue weighted by atomic mass is 79.9. The Morgan fingerprint density at radius 3 is 2.33 bits per heavy atom. The number of nitrogens with zero attached hydrogens (tertiary/aromatic N) is 3. The van der Waals surface area contributed by atoms with Crippen LogP contribution in [0.5, 0.6) is 5.75 Å². The van der Waals surface area contributed by atoms with Gasteiger partial charge in [0.2, 0.25) is 5.91 Å². The zero-order valence-corrected chi connectivity index (χ0v) is 21.9. The lowest BCUT2D eigenvalue weighted by Crippen LogP contribution is -2.15. The number of anilines is 1. The van der Waals surface area contributed by atoms with Crippen molar-refractivity contribution in [3.05, 3.63) is 81.2 Å². The van der Waals surface area contributed by atoms with Crippen LogP contribution in [0.2, 0.25) is 0 Å². The van der Waals surface area contributed by atoms with Crippen LogP contribution >= 0.6 is 43.6 Å². The molecule has 6 nitrogen and oxygen atoms in total. The third-order valence-corrected chi connectivity index (χ3v) is 6.96. The van der Waals surface area contributed by atoms with Crippen LogP contribution in [0.4, 0.5) is 5.69 Å². The SMILES string of the molecule is COc1ccc(-c2nnc(SCC(=O)Nc3c(Br)cc(C)cc3Br)n2-c2ccccc2)cc1. The lowest BCUT2D eigenvalue weighted by atomic mass is 10.2. The van der Waals surface area contributed by atoms with Crippen molar-refractivity contribution in [1.29, 1.82) is 0 Å². The van der Waals surface area contributed by atoms with Crippen molar-refractivity contribution < 1.29 is 9.53 Å². The molecular formula is C24H20Br2N4O2S. The van der Waals surface area contributed by atoms with E-state index in [4.69, 9.17) is 4.74 Å². The van der Waals surface area contributed by atoms with Gasteiger partial charge in [0.1, 0.15) is 5.75 Å². The predicted octanol–water partition coefficient (Wildman–Crippen LogP) is 6.51. The summed E-state index contributed by atoms with van der Waals surface area (Å²) in [5, 5.41) is 12.4. The number of para-hydroxylation sites is 1. The van der Waals surface area contributed by atoms with Gasteiger partial charge in [-0.15, -0.1) is 10.2 Å². The van der Waals surface area contributed by atoms with E-state index in [1.54, 1.807) is 7.11 Å². The van der Waals surface area contributed by atoms with Gasteiger partial charge in [0.05, 0.1) is 18.6 Å². The summed E-state index contributed by atoms with van der Waals surface area (Å²) in [6, 6.07) is 21.4. The number of hydrogen-bond acceptors (Lipinski definition) is 5. The molecule has 0 saturated heterocycles. The molecule has 0 radical (unpaired) electrons. The highest BCUT2D eigenvalue weighted by molar-refractivity contribution is 9.11. The molecular weight excluding hydrogens is 568 g/mol. The van der Waals surface area contributed by atoms with Crippen molar-refractivity contribution in [2.75, 3.05) is 18.2 Å². The summed E-state index contributed by atoms with van der Waals surface area (Å²) in [6.07, 6.45) is 0. The number of hydrogen-bond donors (Lipinski definition) is 1. The van der Waals surface area contributed by atoms with E-state index in [-0.39, 0.29) is 11.7 Å².